The lowest BCUT2D eigenvalue weighted by Gasteiger charge is -2.52. The minimum absolute atomic E-state index is 0.125. The highest BCUT2D eigenvalue weighted by molar-refractivity contribution is 6.78. The van der Waals surface area contributed by atoms with Crippen LogP contribution in [0, 0.1) is 11.8 Å². The second-order valence-corrected chi connectivity index (χ2v) is 30.7. The third kappa shape index (κ3) is 9.87. The number of carbonyl (C=O) groups excluding carboxylic acids is 2. The van der Waals surface area contributed by atoms with Crippen LogP contribution in [-0.2, 0) is 31.5 Å². The minimum Gasteiger partial charge on any atom is -0.444 e. The zero-order chi connectivity index (χ0) is 44.1. The van der Waals surface area contributed by atoms with E-state index in [-0.39, 0.29) is 61.5 Å². The topological polar surface area (TPSA) is 77.5 Å². The fraction of sp³-hybridized carbons (Fsp3) is 0.640. The number of ether oxygens (including phenoxy) is 2. The molecule has 0 spiro atoms. The van der Waals surface area contributed by atoms with E-state index < -0.39 is 16.6 Å². The van der Waals surface area contributed by atoms with Crippen molar-refractivity contribution >= 4 is 28.8 Å². The quantitative estimate of drug-likeness (QED) is 0.157. The molecule has 0 radical (unpaired) electrons. The van der Waals surface area contributed by atoms with E-state index in [0.717, 1.165) is 48.2 Å². The Labute approximate surface area is 365 Å². The van der Waals surface area contributed by atoms with Crippen LogP contribution in [0.15, 0.2) is 84.2 Å². The highest BCUT2D eigenvalue weighted by Gasteiger charge is 2.52. The van der Waals surface area contributed by atoms with Crippen LogP contribution in [0.5, 0.6) is 0 Å². The summed E-state index contributed by atoms with van der Waals surface area (Å²) in [5.41, 5.74) is 6.54. The summed E-state index contributed by atoms with van der Waals surface area (Å²) >= 11 is 0. The van der Waals surface area contributed by atoms with Crippen LogP contribution in [0.2, 0.25) is 33.2 Å². The smallest absolute Gasteiger partial charge is 0.414 e. The second-order valence-electron chi connectivity index (χ2n) is 19.8. The minimum atomic E-state index is -2.24. The molecule has 0 bridgehead atoms. The largest absolute Gasteiger partial charge is 0.444 e. The first-order chi connectivity index (χ1) is 28.4. The SMILES string of the molecule is CC(C)[Si](O[C@@H]1CC=C(C2CC(C3=CC[C@@H](O[Si](C(C)C)(C(C)C)C(C)C)[C@H](C)N3C(=O)OCc3ccccc3)C2)N(C(=O)OCc2ccccc2)[C@H]1C)(C(C)C)C(C)C. The summed E-state index contributed by atoms with van der Waals surface area (Å²) in [6.45, 7) is 32.5. The van der Waals surface area contributed by atoms with Gasteiger partial charge in [-0.2, -0.15) is 0 Å². The van der Waals surface area contributed by atoms with Crippen molar-refractivity contribution in [3.8, 4) is 0 Å². The molecule has 3 aliphatic rings. The monoisotopic (exact) mass is 859 g/mol. The van der Waals surface area contributed by atoms with E-state index in [9.17, 15) is 9.59 Å². The predicted octanol–water partition coefficient (Wildman–Crippen LogP) is 13.8. The molecular formula is C50H78N2O6Si2. The summed E-state index contributed by atoms with van der Waals surface area (Å²) in [6.07, 6.45) is 6.77. The number of hydrogen-bond donors (Lipinski definition) is 0. The molecular weight excluding hydrogens is 781 g/mol. The van der Waals surface area contributed by atoms with E-state index in [0.29, 0.717) is 33.2 Å². The number of benzene rings is 2. The maximum atomic E-state index is 14.3. The molecule has 4 atom stereocenters. The molecule has 2 heterocycles. The van der Waals surface area contributed by atoms with Crippen molar-refractivity contribution in [2.75, 3.05) is 0 Å². The van der Waals surface area contributed by atoms with Crippen molar-refractivity contribution in [3.63, 3.8) is 0 Å². The molecule has 1 aliphatic carbocycles. The summed E-state index contributed by atoms with van der Waals surface area (Å²) in [5.74, 6) is 0.278. The molecule has 1 saturated carbocycles. The van der Waals surface area contributed by atoms with Gasteiger partial charge in [-0.3, -0.25) is 9.80 Å². The highest BCUT2D eigenvalue weighted by atomic mass is 28.4. The number of hydrogen-bond acceptors (Lipinski definition) is 6. The maximum Gasteiger partial charge on any atom is 0.414 e. The van der Waals surface area contributed by atoms with Crippen LogP contribution in [0.4, 0.5) is 9.59 Å². The Morgan fingerprint density at radius 2 is 0.833 bits per heavy atom. The molecule has 2 amide bonds. The zero-order valence-corrected chi connectivity index (χ0v) is 41.4. The van der Waals surface area contributed by atoms with Gasteiger partial charge in [0.15, 0.2) is 0 Å². The summed E-state index contributed by atoms with van der Waals surface area (Å²) in [5, 5.41) is 0. The third-order valence-corrected chi connectivity index (χ3v) is 26.7. The summed E-state index contributed by atoms with van der Waals surface area (Å²) in [6, 6.07) is 19.4. The van der Waals surface area contributed by atoms with Crippen molar-refractivity contribution in [2.24, 2.45) is 11.8 Å². The van der Waals surface area contributed by atoms with Gasteiger partial charge in [0.05, 0.1) is 24.3 Å². The van der Waals surface area contributed by atoms with Gasteiger partial charge in [0.25, 0.3) is 0 Å². The number of carbonyl (C=O) groups is 2. The molecule has 0 aromatic heterocycles. The van der Waals surface area contributed by atoms with E-state index >= 15 is 0 Å². The molecule has 2 aromatic carbocycles. The second kappa shape index (κ2) is 20.3. The Kier molecular flexibility index (Phi) is 16.2. The predicted molar refractivity (Wildman–Crippen MR) is 249 cm³/mol. The van der Waals surface area contributed by atoms with E-state index in [1.807, 2.05) is 70.5 Å². The Morgan fingerprint density at radius 1 is 0.533 bits per heavy atom. The lowest BCUT2D eigenvalue weighted by molar-refractivity contribution is 0.0239. The first kappa shape index (κ1) is 47.9. The van der Waals surface area contributed by atoms with Crippen LogP contribution in [-0.4, -0.2) is 62.9 Å². The molecule has 1 fully saturated rings. The molecule has 0 saturated heterocycles. The first-order valence-electron chi connectivity index (χ1n) is 23.1. The Morgan fingerprint density at radius 3 is 1.12 bits per heavy atom. The van der Waals surface area contributed by atoms with Crippen molar-refractivity contribution in [2.45, 2.75) is 193 Å². The number of rotatable bonds is 16. The normalized spacial score (nSPS) is 24.0. The van der Waals surface area contributed by atoms with Crippen molar-refractivity contribution in [3.05, 3.63) is 95.3 Å². The average Bonchev–Trinajstić information content (AvgIpc) is 3.18. The molecule has 8 nitrogen and oxygen atoms in total. The maximum absolute atomic E-state index is 14.3. The fourth-order valence-electron chi connectivity index (χ4n) is 11.4. The molecule has 5 rings (SSSR count). The summed E-state index contributed by atoms with van der Waals surface area (Å²) in [4.78, 5) is 32.5. The average molecular weight is 859 g/mol. The standard InChI is InChI=1S/C50H78N2O6Si2/c1-33(2)59(34(3)4,35(5)6)57-47-27-25-45(51(39(47)13)49(53)55-31-41-21-17-15-18-22-41)43-29-44(30-43)46-26-28-48(58-60(36(7)8,37(9)10)38(11)12)40(14)52(46)50(54)56-32-42-23-19-16-20-24-42/h15-26,33-40,43-44,47-48H,27-32H2,1-14H3/t39-,40-,43?,44?,47+,48+/m0/s1. The van der Waals surface area contributed by atoms with Gasteiger partial charge in [0, 0.05) is 23.2 Å². The van der Waals surface area contributed by atoms with Crippen molar-refractivity contribution in [1.82, 2.24) is 9.80 Å². The van der Waals surface area contributed by atoms with Gasteiger partial charge in [-0.25, -0.2) is 9.59 Å². The van der Waals surface area contributed by atoms with Gasteiger partial charge in [0.2, 0.25) is 16.6 Å². The van der Waals surface area contributed by atoms with Crippen LogP contribution in [0.25, 0.3) is 0 Å². The third-order valence-electron chi connectivity index (χ3n) is 14.5. The van der Waals surface area contributed by atoms with E-state index in [1.165, 1.54) is 0 Å². The van der Waals surface area contributed by atoms with Gasteiger partial charge < -0.3 is 18.3 Å². The summed E-state index contributed by atoms with van der Waals surface area (Å²) < 4.78 is 26.9. The number of allylic oxidation sites excluding steroid dienone is 2. The number of amides is 2. The van der Waals surface area contributed by atoms with E-state index in [1.54, 1.807) is 0 Å². The molecule has 0 unspecified atom stereocenters. The molecule has 10 heteroatoms. The number of nitrogens with zero attached hydrogens (tertiary/aromatic N) is 2. The van der Waals surface area contributed by atoms with E-state index in [4.69, 9.17) is 18.3 Å². The van der Waals surface area contributed by atoms with Crippen LogP contribution in [0.1, 0.15) is 134 Å². The molecule has 0 N–H and O–H groups in total. The fourth-order valence-corrected chi connectivity index (χ4v) is 22.7. The molecule has 60 heavy (non-hydrogen) atoms. The zero-order valence-electron chi connectivity index (χ0n) is 39.4. The first-order valence-corrected chi connectivity index (χ1v) is 27.4. The Balaban J connectivity index is 1.43. The Hall–Kier alpha value is -3.19. The lowest BCUT2D eigenvalue weighted by atomic mass is 9.69. The van der Waals surface area contributed by atoms with Gasteiger partial charge in [-0.15, -0.1) is 0 Å². The molecule has 2 aromatic rings. The van der Waals surface area contributed by atoms with Crippen LogP contribution >= 0.6 is 0 Å². The van der Waals surface area contributed by atoms with Gasteiger partial charge in [0.1, 0.15) is 13.2 Å². The van der Waals surface area contributed by atoms with Crippen LogP contribution in [0.3, 0.4) is 0 Å². The van der Waals surface area contributed by atoms with E-state index in [2.05, 4.69) is 109 Å². The van der Waals surface area contributed by atoms with Crippen LogP contribution < -0.4 is 0 Å². The van der Waals surface area contributed by atoms with Gasteiger partial charge >= 0.3 is 12.2 Å². The lowest BCUT2D eigenvalue weighted by Crippen LogP contribution is -2.58. The van der Waals surface area contributed by atoms with Crippen molar-refractivity contribution < 1.29 is 27.9 Å². The molecule has 332 valence electrons. The Bertz CT molecular complexity index is 1600. The van der Waals surface area contributed by atoms with Crippen molar-refractivity contribution in [1.29, 1.82) is 0 Å². The summed E-state index contributed by atoms with van der Waals surface area (Å²) in [7, 11) is -4.47. The van der Waals surface area contributed by atoms with Gasteiger partial charge in [-0.05, 0) is 83.9 Å². The highest BCUT2D eigenvalue weighted by Crippen LogP contribution is 2.51. The molecule has 2 aliphatic heterocycles. The van der Waals surface area contributed by atoms with Gasteiger partial charge in [-0.1, -0.05) is 156 Å².